The Bertz CT molecular complexity index is 571. The zero-order chi connectivity index (χ0) is 14.0. The van der Waals surface area contributed by atoms with Crippen molar-refractivity contribution in [1.82, 2.24) is 0 Å². The molecule has 0 aliphatic rings. The summed E-state index contributed by atoms with van der Waals surface area (Å²) in [6, 6.07) is 13.2. The first-order chi connectivity index (χ1) is 8.92. The van der Waals surface area contributed by atoms with E-state index in [1.54, 1.807) is 25.1 Å². The lowest BCUT2D eigenvalue weighted by molar-refractivity contribution is 0.0570. The zero-order valence-electron chi connectivity index (χ0n) is 11.0. The van der Waals surface area contributed by atoms with E-state index in [1.165, 1.54) is 0 Å². The summed E-state index contributed by atoms with van der Waals surface area (Å²) in [5.41, 5.74) is 1.72. The predicted molar refractivity (Wildman–Crippen MR) is 80.9 cm³/mol. The van der Waals surface area contributed by atoms with Crippen molar-refractivity contribution in [3.63, 3.8) is 0 Å². The summed E-state index contributed by atoms with van der Waals surface area (Å²) in [6.07, 6.45) is 0.385. The second kappa shape index (κ2) is 5.54. The molecule has 2 rings (SSSR count). The van der Waals surface area contributed by atoms with Crippen LogP contribution < -0.4 is 0 Å². The minimum atomic E-state index is -1.00. The third-order valence-electron chi connectivity index (χ3n) is 3.31. The molecule has 100 valence electrons. The Hall–Kier alpha value is -1.02. The van der Waals surface area contributed by atoms with E-state index in [9.17, 15) is 5.11 Å². The predicted octanol–water partition coefficient (Wildman–Crippen LogP) is 4.75. The van der Waals surface area contributed by atoms with Gasteiger partial charge < -0.3 is 5.11 Å². The van der Waals surface area contributed by atoms with Gasteiger partial charge in [-0.2, -0.15) is 0 Å². The Morgan fingerprint density at radius 2 is 1.58 bits per heavy atom. The highest BCUT2D eigenvalue weighted by molar-refractivity contribution is 6.36. The lowest BCUT2D eigenvalue weighted by atomic mass is 9.86. The molecule has 0 aliphatic heterocycles. The fourth-order valence-corrected chi connectivity index (χ4v) is 2.85. The lowest BCUT2D eigenvalue weighted by Crippen LogP contribution is -2.25. The van der Waals surface area contributed by atoms with Gasteiger partial charge in [0.1, 0.15) is 0 Å². The molecule has 19 heavy (non-hydrogen) atoms. The fraction of sp³-hybridized carbons (Fsp3) is 0.250. The van der Waals surface area contributed by atoms with Gasteiger partial charge in [-0.15, -0.1) is 0 Å². The zero-order valence-corrected chi connectivity index (χ0v) is 12.5. The van der Waals surface area contributed by atoms with Crippen molar-refractivity contribution in [2.75, 3.05) is 0 Å². The molecule has 3 heteroatoms. The number of rotatable bonds is 3. The number of halogens is 2. The van der Waals surface area contributed by atoms with Gasteiger partial charge in [-0.3, -0.25) is 0 Å². The van der Waals surface area contributed by atoms with Crippen molar-refractivity contribution in [2.45, 2.75) is 25.9 Å². The second-order valence-corrected chi connectivity index (χ2v) is 5.78. The standard InChI is InChI=1S/C16H16Cl2O/c1-11-6-3-4-7-13(11)16(2,19)10-12-14(17)8-5-9-15(12)18/h3-9,19H,10H2,1-2H3. The highest BCUT2D eigenvalue weighted by Gasteiger charge is 2.27. The van der Waals surface area contributed by atoms with Gasteiger partial charge >= 0.3 is 0 Å². The molecule has 0 saturated heterocycles. The van der Waals surface area contributed by atoms with Crippen LogP contribution in [0.3, 0.4) is 0 Å². The summed E-state index contributed by atoms with van der Waals surface area (Å²) in [4.78, 5) is 0. The van der Waals surface area contributed by atoms with Gasteiger partial charge in [0.25, 0.3) is 0 Å². The van der Waals surface area contributed by atoms with Gasteiger partial charge in [0.15, 0.2) is 0 Å². The molecule has 0 amide bonds. The van der Waals surface area contributed by atoms with Gasteiger partial charge in [-0.1, -0.05) is 53.5 Å². The number of hydrogen-bond acceptors (Lipinski definition) is 1. The Morgan fingerprint density at radius 1 is 1.00 bits per heavy atom. The molecule has 0 heterocycles. The van der Waals surface area contributed by atoms with E-state index in [1.807, 2.05) is 31.2 Å². The molecule has 0 bridgehead atoms. The summed E-state index contributed by atoms with van der Waals surface area (Å²) in [5, 5.41) is 11.9. The molecular formula is C16H16Cl2O. The number of benzene rings is 2. The first-order valence-corrected chi connectivity index (χ1v) is 6.89. The largest absolute Gasteiger partial charge is 0.385 e. The van der Waals surface area contributed by atoms with E-state index >= 15 is 0 Å². The normalized spacial score (nSPS) is 14.2. The van der Waals surface area contributed by atoms with E-state index in [-0.39, 0.29) is 0 Å². The quantitative estimate of drug-likeness (QED) is 0.866. The minimum absolute atomic E-state index is 0.385. The van der Waals surface area contributed by atoms with Crippen LogP contribution in [-0.2, 0) is 12.0 Å². The van der Waals surface area contributed by atoms with Crippen LogP contribution in [0.5, 0.6) is 0 Å². The van der Waals surface area contributed by atoms with E-state index < -0.39 is 5.60 Å². The number of aryl methyl sites for hydroxylation is 1. The minimum Gasteiger partial charge on any atom is -0.385 e. The molecule has 0 spiro atoms. The van der Waals surface area contributed by atoms with E-state index in [2.05, 4.69) is 0 Å². The van der Waals surface area contributed by atoms with Gasteiger partial charge in [0, 0.05) is 16.5 Å². The fourth-order valence-electron chi connectivity index (χ4n) is 2.32. The molecule has 1 N–H and O–H groups in total. The Morgan fingerprint density at radius 3 is 2.16 bits per heavy atom. The smallest absolute Gasteiger partial charge is 0.0912 e. The van der Waals surface area contributed by atoms with Crippen LogP contribution in [0.4, 0.5) is 0 Å². The Balaban J connectivity index is 2.39. The summed E-state index contributed by atoms with van der Waals surface area (Å²) in [5.74, 6) is 0. The molecule has 0 radical (unpaired) electrons. The molecule has 0 aromatic heterocycles. The molecular weight excluding hydrogens is 279 g/mol. The van der Waals surface area contributed by atoms with Gasteiger partial charge in [-0.05, 0) is 42.7 Å². The van der Waals surface area contributed by atoms with Crippen molar-refractivity contribution in [3.05, 3.63) is 69.2 Å². The molecule has 2 aromatic rings. The van der Waals surface area contributed by atoms with E-state index in [0.29, 0.717) is 16.5 Å². The third-order valence-corrected chi connectivity index (χ3v) is 4.02. The molecule has 2 aromatic carbocycles. The lowest BCUT2D eigenvalue weighted by Gasteiger charge is -2.26. The first kappa shape index (κ1) is 14.4. The first-order valence-electron chi connectivity index (χ1n) is 6.13. The number of aliphatic hydroxyl groups is 1. The van der Waals surface area contributed by atoms with Crippen molar-refractivity contribution in [2.24, 2.45) is 0 Å². The maximum absolute atomic E-state index is 10.8. The molecule has 1 unspecified atom stereocenters. The average molecular weight is 295 g/mol. The monoisotopic (exact) mass is 294 g/mol. The van der Waals surface area contributed by atoms with E-state index in [4.69, 9.17) is 23.2 Å². The molecule has 1 atom stereocenters. The maximum atomic E-state index is 10.8. The highest BCUT2D eigenvalue weighted by Crippen LogP contribution is 2.33. The van der Waals surface area contributed by atoms with E-state index in [0.717, 1.165) is 16.7 Å². The molecule has 0 aliphatic carbocycles. The van der Waals surface area contributed by atoms with Crippen LogP contribution >= 0.6 is 23.2 Å². The van der Waals surface area contributed by atoms with Crippen LogP contribution in [0.25, 0.3) is 0 Å². The summed E-state index contributed by atoms with van der Waals surface area (Å²) in [7, 11) is 0. The summed E-state index contributed by atoms with van der Waals surface area (Å²) in [6.45, 7) is 3.77. The van der Waals surface area contributed by atoms with Crippen LogP contribution in [0, 0.1) is 6.92 Å². The van der Waals surface area contributed by atoms with Crippen molar-refractivity contribution < 1.29 is 5.11 Å². The second-order valence-electron chi connectivity index (χ2n) is 4.97. The van der Waals surface area contributed by atoms with Gasteiger partial charge in [0.2, 0.25) is 0 Å². The molecule has 0 saturated carbocycles. The topological polar surface area (TPSA) is 20.2 Å². The maximum Gasteiger partial charge on any atom is 0.0912 e. The van der Waals surface area contributed by atoms with Crippen LogP contribution in [0.1, 0.15) is 23.6 Å². The van der Waals surface area contributed by atoms with Crippen molar-refractivity contribution in [3.8, 4) is 0 Å². The summed E-state index contributed by atoms with van der Waals surface area (Å²) < 4.78 is 0. The third kappa shape index (κ3) is 3.11. The van der Waals surface area contributed by atoms with Crippen LogP contribution in [-0.4, -0.2) is 5.11 Å². The average Bonchev–Trinajstić information content (AvgIpc) is 2.34. The van der Waals surface area contributed by atoms with Crippen molar-refractivity contribution >= 4 is 23.2 Å². The van der Waals surface area contributed by atoms with Crippen LogP contribution in [0.15, 0.2) is 42.5 Å². The Labute approximate surface area is 123 Å². The molecule has 0 fully saturated rings. The molecule has 1 nitrogen and oxygen atoms in total. The Kier molecular flexibility index (Phi) is 4.19. The van der Waals surface area contributed by atoms with Crippen LogP contribution in [0.2, 0.25) is 10.0 Å². The highest BCUT2D eigenvalue weighted by atomic mass is 35.5. The number of hydrogen-bond donors (Lipinski definition) is 1. The SMILES string of the molecule is Cc1ccccc1C(C)(O)Cc1c(Cl)cccc1Cl. The van der Waals surface area contributed by atoms with Gasteiger partial charge in [-0.25, -0.2) is 0 Å². The van der Waals surface area contributed by atoms with Gasteiger partial charge in [0.05, 0.1) is 5.60 Å². The summed E-state index contributed by atoms with van der Waals surface area (Å²) >= 11 is 12.3. The van der Waals surface area contributed by atoms with Crippen molar-refractivity contribution in [1.29, 1.82) is 0 Å².